The fraction of sp³-hybridized carbons (Fsp3) is 1.00. The van der Waals surface area contributed by atoms with E-state index in [4.69, 9.17) is 5.73 Å². The molecule has 1 heteroatoms. The summed E-state index contributed by atoms with van der Waals surface area (Å²) in [6, 6.07) is 0. The lowest BCUT2D eigenvalue weighted by atomic mass is 9.87. The predicted octanol–water partition coefficient (Wildman–Crippen LogP) is 2.30. The van der Waals surface area contributed by atoms with Crippen LogP contribution in [-0.4, -0.2) is 5.54 Å². The van der Waals surface area contributed by atoms with Crippen molar-refractivity contribution in [3.8, 4) is 0 Å². The Morgan fingerprint density at radius 3 is 2.70 bits per heavy atom. The van der Waals surface area contributed by atoms with Crippen LogP contribution >= 0.6 is 0 Å². The molecule has 0 amide bonds. The quantitative estimate of drug-likeness (QED) is 0.627. The summed E-state index contributed by atoms with van der Waals surface area (Å²) >= 11 is 0. The molecule has 2 unspecified atom stereocenters. The molecule has 0 bridgehead atoms. The van der Waals surface area contributed by atoms with Gasteiger partial charge in [0.1, 0.15) is 0 Å². The monoisotopic (exact) mass is 141 g/mol. The average Bonchev–Trinajstić information content (AvgIpc) is 2.13. The first-order chi connectivity index (χ1) is 4.67. The van der Waals surface area contributed by atoms with Crippen LogP contribution in [0.2, 0.25) is 0 Å². The second kappa shape index (κ2) is 2.91. The van der Waals surface area contributed by atoms with E-state index in [1.165, 1.54) is 32.1 Å². The third-order valence-corrected chi connectivity index (χ3v) is 2.84. The van der Waals surface area contributed by atoms with Crippen molar-refractivity contribution in [2.45, 2.75) is 51.5 Å². The van der Waals surface area contributed by atoms with Gasteiger partial charge in [-0.1, -0.05) is 19.8 Å². The maximum atomic E-state index is 6.11. The summed E-state index contributed by atoms with van der Waals surface area (Å²) in [6.07, 6.45) is 6.56. The number of hydrogen-bond donors (Lipinski definition) is 1. The van der Waals surface area contributed by atoms with Crippen molar-refractivity contribution in [1.82, 2.24) is 0 Å². The van der Waals surface area contributed by atoms with Gasteiger partial charge in [0.2, 0.25) is 0 Å². The smallest absolute Gasteiger partial charge is 0.0154 e. The van der Waals surface area contributed by atoms with Crippen molar-refractivity contribution in [3.63, 3.8) is 0 Å². The Kier molecular flexibility index (Phi) is 2.35. The summed E-state index contributed by atoms with van der Waals surface area (Å²) in [5.41, 5.74) is 6.27. The zero-order valence-electron chi connectivity index (χ0n) is 7.19. The topological polar surface area (TPSA) is 26.0 Å². The van der Waals surface area contributed by atoms with Crippen molar-refractivity contribution >= 4 is 0 Å². The Morgan fingerprint density at radius 2 is 2.30 bits per heavy atom. The minimum absolute atomic E-state index is 0.163. The van der Waals surface area contributed by atoms with Gasteiger partial charge in [0.05, 0.1) is 0 Å². The molecule has 1 aliphatic rings. The molecule has 0 saturated heterocycles. The van der Waals surface area contributed by atoms with Crippen LogP contribution in [0.1, 0.15) is 46.0 Å². The van der Waals surface area contributed by atoms with Crippen LogP contribution in [0.15, 0.2) is 0 Å². The molecule has 1 nitrogen and oxygen atoms in total. The third-order valence-electron chi connectivity index (χ3n) is 2.84. The van der Waals surface area contributed by atoms with Gasteiger partial charge in [0, 0.05) is 5.54 Å². The normalized spacial score (nSPS) is 40.5. The van der Waals surface area contributed by atoms with Crippen LogP contribution in [0.4, 0.5) is 0 Å². The van der Waals surface area contributed by atoms with Crippen molar-refractivity contribution in [3.05, 3.63) is 0 Å². The Labute approximate surface area is 64.0 Å². The molecule has 0 heterocycles. The van der Waals surface area contributed by atoms with Crippen molar-refractivity contribution < 1.29 is 0 Å². The lowest BCUT2D eigenvalue weighted by Crippen LogP contribution is -2.39. The fourth-order valence-electron chi connectivity index (χ4n) is 2.09. The van der Waals surface area contributed by atoms with E-state index >= 15 is 0 Å². The fourth-order valence-corrected chi connectivity index (χ4v) is 2.09. The molecule has 2 N–H and O–H groups in total. The zero-order valence-corrected chi connectivity index (χ0v) is 7.19. The lowest BCUT2D eigenvalue weighted by molar-refractivity contribution is 0.324. The van der Waals surface area contributed by atoms with Crippen molar-refractivity contribution in [1.29, 1.82) is 0 Å². The van der Waals surface area contributed by atoms with Gasteiger partial charge in [-0.15, -0.1) is 0 Å². The van der Waals surface area contributed by atoms with E-state index in [9.17, 15) is 0 Å². The molecule has 60 valence electrons. The minimum atomic E-state index is 0.163. The van der Waals surface area contributed by atoms with Gasteiger partial charge < -0.3 is 5.73 Å². The van der Waals surface area contributed by atoms with Crippen LogP contribution in [0.3, 0.4) is 0 Å². The Hall–Kier alpha value is -0.0400. The highest BCUT2D eigenvalue weighted by Crippen LogP contribution is 2.35. The molecular weight excluding hydrogens is 122 g/mol. The molecule has 10 heavy (non-hydrogen) atoms. The summed E-state index contributed by atoms with van der Waals surface area (Å²) in [4.78, 5) is 0. The highest BCUT2D eigenvalue weighted by atomic mass is 14.8. The molecule has 0 aliphatic heterocycles. The van der Waals surface area contributed by atoms with Gasteiger partial charge in [-0.3, -0.25) is 0 Å². The zero-order chi connectivity index (χ0) is 7.61. The molecule has 0 aromatic heterocycles. The summed E-state index contributed by atoms with van der Waals surface area (Å²) in [7, 11) is 0. The maximum absolute atomic E-state index is 6.11. The van der Waals surface area contributed by atoms with E-state index < -0.39 is 0 Å². The molecule has 0 spiro atoms. The maximum Gasteiger partial charge on any atom is 0.0154 e. The molecule has 0 aromatic carbocycles. The predicted molar refractivity (Wildman–Crippen MR) is 44.8 cm³/mol. The van der Waals surface area contributed by atoms with Crippen molar-refractivity contribution in [2.24, 2.45) is 11.7 Å². The third kappa shape index (κ3) is 1.51. The highest BCUT2D eigenvalue weighted by Gasteiger charge is 2.33. The van der Waals surface area contributed by atoms with Crippen LogP contribution in [0.25, 0.3) is 0 Å². The molecule has 0 aromatic rings. The number of hydrogen-bond acceptors (Lipinski definition) is 1. The summed E-state index contributed by atoms with van der Waals surface area (Å²) in [6.45, 7) is 4.45. The van der Waals surface area contributed by atoms with Gasteiger partial charge in [0.25, 0.3) is 0 Å². The first-order valence-electron chi connectivity index (χ1n) is 4.45. The molecule has 1 rings (SSSR count). The second-order valence-corrected chi connectivity index (χ2v) is 3.88. The molecular formula is C9H19N. The van der Waals surface area contributed by atoms with Gasteiger partial charge in [-0.25, -0.2) is 0 Å². The van der Waals surface area contributed by atoms with Crippen LogP contribution < -0.4 is 5.73 Å². The largest absolute Gasteiger partial charge is 0.325 e. The molecule has 1 aliphatic carbocycles. The van der Waals surface area contributed by atoms with Gasteiger partial charge >= 0.3 is 0 Å². The van der Waals surface area contributed by atoms with E-state index in [-0.39, 0.29) is 5.54 Å². The summed E-state index contributed by atoms with van der Waals surface area (Å²) < 4.78 is 0. The average molecular weight is 141 g/mol. The lowest BCUT2D eigenvalue weighted by Gasteiger charge is -2.26. The van der Waals surface area contributed by atoms with Crippen LogP contribution in [0, 0.1) is 5.92 Å². The minimum Gasteiger partial charge on any atom is -0.325 e. The van der Waals surface area contributed by atoms with Crippen molar-refractivity contribution in [2.75, 3.05) is 0 Å². The summed E-state index contributed by atoms with van der Waals surface area (Å²) in [5, 5.41) is 0. The molecule has 0 radical (unpaired) electrons. The van der Waals surface area contributed by atoms with E-state index in [2.05, 4.69) is 13.8 Å². The van der Waals surface area contributed by atoms with Crippen LogP contribution in [0.5, 0.6) is 0 Å². The Balaban J connectivity index is 2.43. The number of nitrogens with two attached hydrogens (primary N) is 1. The second-order valence-electron chi connectivity index (χ2n) is 3.88. The van der Waals surface area contributed by atoms with E-state index in [1.807, 2.05) is 0 Å². The van der Waals surface area contributed by atoms with Gasteiger partial charge in [-0.05, 0) is 32.1 Å². The Bertz CT molecular complexity index is 107. The Morgan fingerprint density at radius 1 is 1.60 bits per heavy atom. The molecule has 1 fully saturated rings. The first kappa shape index (κ1) is 8.06. The SMILES string of the molecule is CCCC1CCCC1(C)N. The first-order valence-corrected chi connectivity index (χ1v) is 4.45. The van der Waals surface area contributed by atoms with E-state index in [0.29, 0.717) is 0 Å². The van der Waals surface area contributed by atoms with Gasteiger partial charge in [0.15, 0.2) is 0 Å². The standard InChI is InChI=1S/C9H19N/c1-3-5-8-6-4-7-9(8,2)10/h8H,3-7,10H2,1-2H3. The van der Waals surface area contributed by atoms with Gasteiger partial charge in [-0.2, -0.15) is 0 Å². The van der Waals surface area contributed by atoms with Crippen LogP contribution in [-0.2, 0) is 0 Å². The van der Waals surface area contributed by atoms with E-state index in [1.54, 1.807) is 0 Å². The summed E-state index contributed by atoms with van der Waals surface area (Å²) in [5.74, 6) is 0.803. The molecule has 1 saturated carbocycles. The molecule has 2 atom stereocenters. The highest BCUT2D eigenvalue weighted by molar-refractivity contribution is 4.92. The van der Waals surface area contributed by atoms with E-state index in [0.717, 1.165) is 5.92 Å². The number of rotatable bonds is 2.